The minimum Gasteiger partial charge on any atom is -0.321 e. The molecule has 0 saturated heterocycles. The summed E-state index contributed by atoms with van der Waals surface area (Å²) in [5.41, 5.74) is 7.54. The molecule has 4 heteroatoms. The Morgan fingerprint density at radius 1 is 1.11 bits per heavy atom. The Kier molecular flexibility index (Phi) is 3.62. The maximum absolute atomic E-state index is 13.2. The van der Waals surface area contributed by atoms with Gasteiger partial charge in [-0.15, -0.1) is 0 Å². The van der Waals surface area contributed by atoms with Crippen LogP contribution in [0.4, 0.5) is 4.39 Å². The monoisotopic (exact) mass is 259 g/mol. The van der Waals surface area contributed by atoms with Crippen LogP contribution in [-0.4, -0.2) is 9.97 Å². The Hall–Kier alpha value is -1.81. The number of benzene rings is 1. The van der Waals surface area contributed by atoms with Crippen molar-refractivity contribution in [1.82, 2.24) is 9.97 Å². The van der Waals surface area contributed by atoms with Gasteiger partial charge in [0.05, 0.1) is 6.04 Å². The Labute approximate surface area is 112 Å². The van der Waals surface area contributed by atoms with Gasteiger partial charge < -0.3 is 5.73 Å². The predicted molar refractivity (Wildman–Crippen MR) is 73.8 cm³/mol. The Morgan fingerprint density at radius 3 is 2.26 bits per heavy atom. The van der Waals surface area contributed by atoms with Crippen molar-refractivity contribution in [3.05, 3.63) is 48.3 Å². The minimum absolute atomic E-state index is 0.0969. The van der Waals surface area contributed by atoms with Crippen LogP contribution in [0.15, 0.2) is 36.7 Å². The molecule has 1 atom stereocenters. The maximum atomic E-state index is 13.2. The number of halogens is 1. The third kappa shape index (κ3) is 3.15. The van der Waals surface area contributed by atoms with Gasteiger partial charge in [-0.25, -0.2) is 14.4 Å². The largest absolute Gasteiger partial charge is 0.321 e. The highest BCUT2D eigenvalue weighted by Gasteiger charge is 2.24. The third-order valence-electron chi connectivity index (χ3n) is 3.04. The second-order valence-corrected chi connectivity index (χ2v) is 5.68. The molecule has 1 aromatic heterocycles. The molecule has 0 aliphatic heterocycles. The van der Waals surface area contributed by atoms with E-state index in [1.54, 1.807) is 18.5 Å². The zero-order chi connectivity index (χ0) is 14.0. The third-order valence-corrected chi connectivity index (χ3v) is 3.04. The zero-order valence-corrected chi connectivity index (χ0v) is 11.4. The molecule has 1 unspecified atom stereocenters. The molecule has 3 nitrogen and oxygen atoms in total. The Bertz CT molecular complexity index is 558. The highest BCUT2D eigenvalue weighted by atomic mass is 19.1. The molecule has 19 heavy (non-hydrogen) atoms. The molecular weight excluding hydrogens is 241 g/mol. The molecule has 0 aliphatic carbocycles. The minimum atomic E-state index is -0.270. The summed E-state index contributed by atoms with van der Waals surface area (Å²) in [5, 5.41) is 0. The Balaban J connectivity index is 2.29. The van der Waals surface area contributed by atoms with Gasteiger partial charge in [-0.3, -0.25) is 0 Å². The molecule has 2 rings (SSSR count). The fraction of sp³-hybridized carbons (Fsp3) is 0.333. The number of hydrogen-bond donors (Lipinski definition) is 1. The summed E-state index contributed by atoms with van der Waals surface area (Å²) in [6.07, 6.45) is 3.37. The normalized spacial score (nSPS) is 13.3. The van der Waals surface area contributed by atoms with Crippen LogP contribution in [0.25, 0.3) is 11.1 Å². The van der Waals surface area contributed by atoms with Gasteiger partial charge in [0.15, 0.2) is 0 Å². The van der Waals surface area contributed by atoms with Crippen molar-refractivity contribution in [2.75, 3.05) is 0 Å². The first-order chi connectivity index (χ1) is 8.88. The quantitative estimate of drug-likeness (QED) is 0.900. The van der Waals surface area contributed by atoms with E-state index in [0.29, 0.717) is 5.82 Å². The molecule has 2 aromatic rings. The number of nitrogens with zero attached hydrogens (tertiary/aromatic N) is 2. The van der Waals surface area contributed by atoms with Crippen molar-refractivity contribution < 1.29 is 4.39 Å². The van der Waals surface area contributed by atoms with Crippen LogP contribution in [-0.2, 0) is 0 Å². The second kappa shape index (κ2) is 5.05. The summed E-state index contributed by atoms with van der Waals surface area (Å²) in [6, 6.07) is 6.13. The van der Waals surface area contributed by atoms with Crippen molar-refractivity contribution >= 4 is 0 Å². The van der Waals surface area contributed by atoms with E-state index in [0.717, 1.165) is 11.1 Å². The molecule has 0 spiro atoms. The average molecular weight is 259 g/mol. The van der Waals surface area contributed by atoms with E-state index in [4.69, 9.17) is 5.73 Å². The van der Waals surface area contributed by atoms with Gasteiger partial charge >= 0.3 is 0 Å². The summed E-state index contributed by atoms with van der Waals surface area (Å²) in [7, 11) is 0. The number of hydrogen-bond acceptors (Lipinski definition) is 3. The van der Waals surface area contributed by atoms with Gasteiger partial charge in [0.25, 0.3) is 0 Å². The fourth-order valence-electron chi connectivity index (χ4n) is 1.70. The van der Waals surface area contributed by atoms with E-state index in [9.17, 15) is 4.39 Å². The van der Waals surface area contributed by atoms with Gasteiger partial charge in [0, 0.05) is 18.0 Å². The molecule has 0 bridgehead atoms. The molecule has 0 radical (unpaired) electrons. The topological polar surface area (TPSA) is 51.8 Å². The van der Waals surface area contributed by atoms with E-state index in [2.05, 4.69) is 9.97 Å². The molecule has 0 fully saturated rings. The first kappa shape index (κ1) is 13.6. The van der Waals surface area contributed by atoms with Crippen LogP contribution in [0.5, 0.6) is 0 Å². The average Bonchev–Trinajstić information content (AvgIpc) is 2.37. The molecule has 0 saturated carbocycles. The van der Waals surface area contributed by atoms with Crippen molar-refractivity contribution in [2.24, 2.45) is 11.1 Å². The van der Waals surface area contributed by atoms with E-state index >= 15 is 0 Å². The lowest BCUT2D eigenvalue weighted by atomic mass is 9.87. The molecule has 1 aromatic carbocycles. The van der Waals surface area contributed by atoms with Crippen LogP contribution in [0.3, 0.4) is 0 Å². The molecule has 100 valence electrons. The van der Waals surface area contributed by atoms with Crippen molar-refractivity contribution in [1.29, 1.82) is 0 Å². The summed E-state index contributed by atoms with van der Waals surface area (Å²) in [4.78, 5) is 8.59. The lowest BCUT2D eigenvalue weighted by Gasteiger charge is -2.25. The summed E-state index contributed by atoms with van der Waals surface area (Å²) < 4.78 is 13.2. The fourth-order valence-corrected chi connectivity index (χ4v) is 1.70. The lowest BCUT2D eigenvalue weighted by molar-refractivity contribution is 0.315. The summed E-state index contributed by atoms with van der Waals surface area (Å²) >= 11 is 0. The molecule has 1 heterocycles. The van der Waals surface area contributed by atoms with Crippen LogP contribution in [0.2, 0.25) is 0 Å². The maximum Gasteiger partial charge on any atom is 0.145 e. The molecular formula is C15H18FN3. The van der Waals surface area contributed by atoms with Gasteiger partial charge in [0.1, 0.15) is 11.6 Å². The molecule has 0 amide bonds. The number of aromatic nitrogens is 2. The van der Waals surface area contributed by atoms with E-state index < -0.39 is 0 Å². The Morgan fingerprint density at radius 2 is 1.74 bits per heavy atom. The highest BCUT2D eigenvalue weighted by Crippen LogP contribution is 2.28. The SMILES string of the molecule is CC(C)(C)C(N)c1ncc(-c2cccc(F)c2)cn1. The van der Waals surface area contributed by atoms with Gasteiger partial charge in [-0.1, -0.05) is 32.9 Å². The molecule has 2 N–H and O–H groups in total. The van der Waals surface area contributed by atoms with Crippen LogP contribution in [0.1, 0.15) is 32.6 Å². The van der Waals surface area contributed by atoms with E-state index in [-0.39, 0.29) is 17.3 Å². The van der Waals surface area contributed by atoms with E-state index in [1.165, 1.54) is 12.1 Å². The highest BCUT2D eigenvalue weighted by molar-refractivity contribution is 5.61. The predicted octanol–water partition coefficient (Wildman–Crippen LogP) is 3.33. The second-order valence-electron chi connectivity index (χ2n) is 5.68. The van der Waals surface area contributed by atoms with Crippen molar-refractivity contribution in [2.45, 2.75) is 26.8 Å². The standard InChI is InChI=1S/C15H18FN3/c1-15(2,3)13(17)14-18-8-11(9-19-14)10-5-4-6-12(16)7-10/h4-9,13H,17H2,1-3H3. The zero-order valence-electron chi connectivity index (χ0n) is 11.4. The van der Waals surface area contributed by atoms with Crippen molar-refractivity contribution in [3.8, 4) is 11.1 Å². The van der Waals surface area contributed by atoms with Crippen LogP contribution < -0.4 is 5.73 Å². The summed E-state index contributed by atoms with van der Waals surface area (Å²) in [6.45, 7) is 6.13. The molecule has 0 aliphatic rings. The number of nitrogens with two attached hydrogens (primary N) is 1. The summed E-state index contributed by atoms with van der Waals surface area (Å²) in [5.74, 6) is 0.334. The van der Waals surface area contributed by atoms with Crippen LogP contribution in [0, 0.1) is 11.2 Å². The van der Waals surface area contributed by atoms with Crippen LogP contribution >= 0.6 is 0 Å². The van der Waals surface area contributed by atoms with Crippen molar-refractivity contribution in [3.63, 3.8) is 0 Å². The first-order valence-corrected chi connectivity index (χ1v) is 6.21. The van der Waals surface area contributed by atoms with Gasteiger partial charge in [0.2, 0.25) is 0 Å². The van der Waals surface area contributed by atoms with E-state index in [1.807, 2.05) is 26.8 Å². The lowest BCUT2D eigenvalue weighted by Crippen LogP contribution is -2.28. The smallest absolute Gasteiger partial charge is 0.145 e. The number of rotatable bonds is 2. The van der Waals surface area contributed by atoms with Gasteiger partial charge in [-0.05, 0) is 23.1 Å². The van der Waals surface area contributed by atoms with Gasteiger partial charge in [-0.2, -0.15) is 0 Å². The first-order valence-electron chi connectivity index (χ1n) is 6.21.